The minimum Gasteiger partial charge on any atom is -0.396 e. The number of halogens is 1. The first-order valence-electron chi connectivity index (χ1n) is 5.99. The zero-order valence-corrected chi connectivity index (χ0v) is 11.9. The van der Waals surface area contributed by atoms with Crippen LogP contribution < -0.4 is 16.0 Å². The van der Waals surface area contributed by atoms with Crippen LogP contribution in [0.25, 0.3) is 0 Å². The van der Waals surface area contributed by atoms with Crippen LogP contribution in [0.2, 0.25) is 0 Å². The Morgan fingerprint density at radius 3 is 2.72 bits per heavy atom. The molecule has 0 atom stereocenters. The number of nitrogens with one attached hydrogen (secondary N) is 1. The molecule has 0 unspecified atom stereocenters. The zero-order chi connectivity index (χ0) is 13.1. The number of nitrogens with two attached hydrogens (primary N) is 1. The van der Waals surface area contributed by atoms with E-state index in [1.807, 2.05) is 0 Å². The molecular formula is C12H17BrN4O. The molecule has 0 bridgehead atoms. The summed E-state index contributed by atoms with van der Waals surface area (Å²) in [5.41, 5.74) is 7.65. The van der Waals surface area contributed by atoms with Gasteiger partial charge in [-0.3, -0.25) is 9.78 Å². The highest BCUT2D eigenvalue weighted by atomic mass is 79.9. The van der Waals surface area contributed by atoms with E-state index in [1.165, 1.54) is 0 Å². The number of nitrogens with zero attached hydrogens (tertiary/aromatic N) is 2. The fraction of sp³-hybridized carbons (Fsp3) is 0.500. The largest absolute Gasteiger partial charge is 0.396 e. The van der Waals surface area contributed by atoms with Gasteiger partial charge < -0.3 is 16.0 Å². The van der Waals surface area contributed by atoms with Gasteiger partial charge in [0.1, 0.15) is 0 Å². The van der Waals surface area contributed by atoms with Crippen LogP contribution in [-0.4, -0.2) is 30.0 Å². The van der Waals surface area contributed by atoms with Crippen LogP contribution in [0, 0.1) is 0 Å². The van der Waals surface area contributed by atoms with Crippen molar-refractivity contribution in [3.8, 4) is 0 Å². The molecule has 0 spiro atoms. The normalized spacial score (nSPS) is 16.7. The maximum atomic E-state index is 11.0. The van der Waals surface area contributed by atoms with Crippen LogP contribution >= 0.6 is 15.9 Å². The Balaban J connectivity index is 2.03. The highest BCUT2D eigenvalue weighted by molar-refractivity contribution is 9.10. The van der Waals surface area contributed by atoms with Crippen LogP contribution in [0.1, 0.15) is 19.8 Å². The topological polar surface area (TPSA) is 71.2 Å². The lowest BCUT2D eigenvalue weighted by atomic mass is 10.0. The maximum Gasteiger partial charge on any atom is 0.217 e. The average molecular weight is 313 g/mol. The van der Waals surface area contributed by atoms with Crippen molar-refractivity contribution < 1.29 is 4.79 Å². The number of carbonyl (C=O) groups is 1. The monoisotopic (exact) mass is 312 g/mol. The summed E-state index contributed by atoms with van der Waals surface area (Å²) in [5, 5.41) is 2.96. The van der Waals surface area contributed by atoms with Gasteiger partial charge in [0.25, 0.3) is 0 Å². The molecule has 2 heterocycles. The molecule has 2 rings (SSSR count). The Hall–Kier alpha value is -1.30. The number of hydrogen-bond donors (Lipinski definition) is 2. The third-order valence-electron chi connectivity index (χ3n) is 3.12. The zero-order valence-electron chi connectivity index (χ0n) is 10.3. The van der Waals surface area contributed by atoms with E-state index in [9.17, 15) is 4.79 Å². The number of pyridine rings is 1. The van der Waals surface area contributed by atoms with Gasteiger partial charge in [0.15, 0.2) is 0 Å². The van der Waals surface area contributed by atoms with Crippen LogP contribution in [0.15, 0.2) is 16.9 Å². The number of amides is 1. The summed E-state index contributed by atoms with van der Waals surface area (Å²) >= 11 is 3.48. The third-order valence-corrected chi connectivity index (χ3v) is 3.70. The predicted octanol–water partition coefficient (Wildman–Crippen LogP) is 1.53. The van der Waals surface area contributed by atoms with Crippen molar-refractivity contribution in [2.24, 2.45) is 0 Å². The third kappa shape index (κ3) is 2.93. The molecule has 1 saturated heterocycles. The van der Waals surface area contributed by atoms with E-state index >= 15 is 0 Å². The molecule has 0 radical (unpaired) electrons. The van der Waals surface area contributed by atoms with E-state index in [-0.39, 0.29) is 11.9 Å². The van der Waals surface area contributed by atoms with E-state index in [0.29, 0.717) is 5.69 Å². The van der Waals surface area contributed by atoms with Gasteiger partial charge in [-0.1, -0.05) is 0 Å². The molecule has 1 amide bonds. The number of carbonyl (C=O) groups excluding carboxylic acids is 1. The molecule has 6 heteroatoms. The molecule has 18 heavy (non-hydrogen) atoms. The fourth-order valence-corrected chi connectivity index (χ4v) is 2.91. The van der Waals surface area contributed by atoms with Crippen molar-refractivity contribution in [3.63, 3.8) is 0 Å². The van der Waals surface area contributed by atoms with Crippen LogP contribution in [0.5, 0.6) is 0 Å². The Kier molecular flexibility index (Phi) is 4.06. The highest BCUT2D eigenvalue weighted by Gasteiger charge is 2.22. The second-order valence-electron chi connectivity index (χ2n) is 4.52. The van der Waals surface area contributed by atoms with E-state index in [4.69, 9.17) is 5.73 Å². The Labute approximate surface area is 115 Å². The van der Waals surface area contributed by atoms with Crippen molar-refractivity contribution in [1.82, 2.24) is 10.3 Å². The summed E-state index contributed by atoms with van der Waals surface area (Å²) in [6.45, 7) is 3.33. The predicted molar refractivity (Wildman–Crippen MR) is 75.4 cm³/mol. The number of hydrogen-bond acceptors (Lipinski definition) is 4. The molecule has 1 fully saturated rings. The SMILES string of the molecule is CC(=O)NC1CCN(c2c(N)cncc2Br)CC1. The molecule has 0 saturated carbocycles. The quantitative estimate of drug-likeness (QED) is 0.869. The second-order valence-corrected chi connectivity index (χ2v) is 5.38. The first-order valence-corrected chi connectivity index (χ1v) is 6.78. The number of piperidine rings is 1. The first kappa shape index (κ1) is 13.1. The lowest BCUT2D eigenvalue weighted by Gasteiger charge is -2.34. The van der Waals surface area contributed by atoms with Gasteiger partial charge in [0, 0.05) is 32.3 Å². The first-order chi connectivity index (χ1) is 8.58. The Morgan fingerprint density at radius 1 is 1.50 bits per heavy atom. The van der Waals surface area contributed by atoms with E-state index < -0.39 is 0 Å². The second kappa shape index (κ2) is 5.56. The van der Waals surface area contributed by atoms with Gasteiger partial charge in [0.2, 0.25) is 5.91 Å². The van der Waals surface area contributed by atoms with Crippen molar-refractivity contribution in [2.75, 3.05) is 23.7 Å². The van der Waals surface area contributed by atoms with Gasteiger partial charge in [-0.25, -0.2) is 0 Å². The van der Waals surface area contributed by atoms with Crippen LogP contribution in [0.3, 0.4) is 0 Å². The van der Waals surface area contributed by atoms with Gasteiger partial charge in [-0.15, -0.1) is 0 Å². The number of nitrogen functional groups attached to an aromatic ring is 1. The standard InChI is InChI=1S/C12H17BrN4O/c1-8(18)16-9-2-4-17(5-3-9)12-10(13)6-15-7-11(12)14/h6-7,9H,2-5,14H2,1H3,(H,16,18). The smallest absolute Gasteiger partial charge is 0.217 e. The molecule has 1 aromatic rings. The molecule has 5 nitrogen and oxygen atoms in total. The maximum absolute atomic E-state index is 11.0. The van der Waals surface area contributed by atoms with Gasteiger partial charge >= 0.3 is 0 Å². The van der Waals surface area contributed by atoms with Gasteiger partial charge in [-0.2, -0.15) is 0 Å². The lowest BCUT2D eigenvalue weighted by Crippen LogP contribution is -2.44. The van der Waals surface area contributed by atoms with Crippen molar-refractivity contribution >= 4 is 33.2 Å². The molecule has 1 aliphatic heterocycles. The Morgan fingerprint density at radius 2 is 2.17 bits per heavy atom. The Bertz CT molecular complexity index is 423. The van der Waals surface area contributed by atoms with Gasteiger partial charge in [-0.05, 0) is 28.8 Å². The van der Waals surface area contributed by atoms with Crippen molar-refractivity contribution in [1.29, 1.82) is 0 Å². The minimum atomic E-state index is 0.0399. The molecule has 98 valence electrons. The van der Waals surface area contributed by atoms with Gasteiger partial charge in [0.05, 0.1) is 22.0 Å². The fourth-order valence-electron chi connectivity index (χ4n) is 2.31. The van der Waals surface area contributed by atoms with Crippen LogP contribution in [-0.2, 0) is 4.79 Å². The molecule has 1 aliphatic rings. The number of anilines is 2. The van der Waals surface area contributed by atoms with Crippen molar-refractivity contribution in [3.05, 3.63) is 16.9 Å². The summed E-state index contributed by atoms with van der Waals surface area (Å²) in [5.74, 6) is 0.0399. The van der Waals surface area contributed by atoms with Crippen molar-refractivity contribution in [2.45, 2.75) is 25.8 Å². The van der Waals surface area contributed by atoms with E-state index in [0.717, 1.165) is 36.1 Å². The number of aromatic nitrogens is 1. The average Bonchev–Trinajstić information content (AvgIpc) is 2.30. The van der Waals surface area contributed by atoms with E-state index in [1.54, 1.807) is 19.3 Å². The number of rotatable bonds is 2. The molecule has 0 aliphatic carbocycles. The van der Waals surface area contributed by atoms with Crippen LogP contribution in [0.4, 0.5) is 11.4 Å². The summed E-state index contributed by atoms with van der Waals surface area (Å²) < 4.78 is 0.917. The molecule has 1 aromatic heterocycles. The highest BCUT2D eigenvalue weighted by Crippen LogP contribution is 2.32. The summed E-state index contributed by atoms with van der Waals surface area (Å²) in [6.07, 6.45) is 5.30. The van der Waals surface area contributed by atoms with E-state index in [2.05, 4.69) is 31.1 Å². The summed E-state index contributed by atoms with van der Waals surface area (Å²) in [6, 6.07) is 0.278. The summed E-state index contributed by atoms with van der Waals surface area (Å²) in [4.78, 5) is 17.3. The molecular weight excluding hydrogens is 296 g/mol. The summed E-state index contributed by atoms with van der Waals surface area (Å²) in [7, 11) is 0. The lowest BCUT2D eigenvalue weighted by molar-refractivity contribution is -0.119. The molecule has 0 aromatic carbocycles. The minimum absolute atomic E-state index is 0.0399. The molecule has 3 N–H and O–H groups in total.